The molecule has 0 nitrogen and oxygen atoms in total. The first-order valence-corrected chi connectivity index (χ1v) is 17.3. The summed E-state index contributed by atoms with van der Waals surface area (Å²) in [6.45, 7) is 0. The van der Waals surface area contributed by atoms with Crippen molar-refractivity contribution in [3.8, 4) is 44.5 Å². The molecule has 0 aliphatic heterocycles. The second-order valence-corrected chi connectivity index (χ2v) is 13.3. The van der Waals surface area contributed by atoms with E-state index < -0.39 is 0 Å². The van der Waals surface area contributed by atoms with Gasteiger partial charge in [0, 0.05) is 0 Å². The van der Waals surface area contributed by atoms with Crippen molar-refractivity contribution < 1.29 is 0 Å². The summed E-state index contributed by atoms with van der Waals surface area (Å²) in [6, 6.07) is 71.5. The number of hydrogen-bond donors (Lipinski definition) is 0. The summed E-state index contributed by atoms with van der Waals surface area (Å²) in [5.41, 5.74) is 9.95. The van der Waals surface area contributed by atoms with Gasteiger partial charge in [0.25, 0.3) is 0 Å². The molecule has 0 aliphatic rings. The Bertz CT molecular complexity index is 2920. The molecule has 0 aliphatic carbocycles. The summed E-state index contributed by atoms with van der Waals surface area (Å²) in [6.07, 6.45) is 0. The van der Waals surface area contributed by atoms with E-state index in [1.807, 2.05) is 0 Å². The first-order valence-electron chi connectivity index (χ1n) is 17.3. The van der Waals surface area contributed by atoms with Crippen LogP contribution in [-0.2, 0) is 0 Å². The Hall–Kier alpha value is -6.50. The van der Waals surface area contributed by atoms with E-state index in [2.05, 4.69) is 194 Å². The van der Waals surface area contributed by atoms with Crippen molar-refractivity contribution in [1.82, 2.24) is 0 Å². The fourth-order valence-corrected chi connectivity index (χ4v) is 8.08. The predicted molar refractivity (Wildman–Crippen MR) is 216 cm³/mol. The third kappa shape index (κ3) is 4.61. The molecule has 0 spiro atoms. The van der Waals surface area contributed by atoms with E-state index in [-0.39, 0.29) is 0 Å². The van der Waals surface area contributed by atoms with Crippen LogP contribution in [0.15, 0.2) is 194 Å². The van der Waals surface area contributed by atoms with E-state index in [1.54, 1.807) is 0 Å². The van der Waals surface area contributed by atoms with Crippen molar-refractivity contribution in [2.24, 2.45) is 0 Å². The van der Waals surface area contributed by atoms with Crippen LogP contribution >= 0.6 is 0 Å². The molecule has 0 fully saturated rings. The van der Waals surface area contributed by atoms with E-state index in [1.165, 1.54) is 98.4 Å². The molecule has 232 valence electrons. The van der Waals surface area contributed by atoms with Gasteiger partial charge in [-0.2, -0.15) is 0 Å². The van der Waals surface area contributed by atoms with Crippen molar-refractivity contribution in [2.75, 3.05) is 0 Å². The first kappa shape index (κ1) is 28.5. The SMILES string of the molecule is c1ccc(-c2c3ccccc3c(-c3ccc4ccccc4c3)c3cc(-c4cccc5ccccc45)ccc23)c(-c2ccc3ccccc3c2)c1. The maximum atomic E-state index is 2.44. The third-order valence-corrected chi connectivity index (χ3v) is 10.4. The molecule has 0 saturated heterocycles. The maximum Gasteiger partial charge on any atom is -0.00201 e. The van der Waals surface area contributed by atoms with Crippen molar-refractivity contribution >= 4 is 53.9 Å². The van der Waals surface area contributed by atoms with Crippen LogP contribution < -0.4 is 0 Å². The Morgan fingerprint density at radius 2 is 0.660 bits per heavy atom. The minimum Gasteiger partial charge on any atom is -0.0616 e. The molecule has 0 radical (unpaired) electrons. The molecule has 0 amide bonds. The lowest BCUT2D eigenvalue weighted by atomic mass is 9.82. The highest BCUT2D eigenvalue weighted by Crippen LogP contribution is 2.47. The minimum atomic E-state index is 1.22. The molecule has 10 rings (SSSR count). The van der Waals surface area contributed by atoms with Gasteiger partial charge in [-0.1, -0.05) is 176 Å². The Kier molecular flexibility index (Phi) is 6.60. The van der Waals surface area contributed by atoms with E-state index in [4.69, 9.17) is 0 Å². The van der Waals surface area contributed by atoms with Gasteiger partial charge in [0.15, 0.2) is 0 Å². The van der Waals surface area contributed by atoms with Gasteiger partial charge >= 0.3 is 0 Å². The van der Waals surface area contributed by atoms with Gasteiger partial charge in [0.05, 0.1) is 0 Å². The third-order valence-electron chi connectivity index (χ3n) is 10.4. The Morgan fingerprint density at radius 1 is 0.200 bits per heavy atom. The summed E-state index contributed by atoms with van der Waals surface area (Å²) >= 11 is 0. The summed E-state index contributed by atoms with van der Waals surface area (Å²) < 4.78 is 0. The van der Waals surface area contributed by atoms with Crippen LogP contribution in [-0.4, -0.2) is 0 Å². The average molecular weight is 633 g/mol. The molecule has 0 heterocycles. The molecular formula is C50H32. The van der Waals surface area contributed by atoms with Crippen LogP contribution in [0.1, 0.15) is 0 Å². The predicted octanol–water partition coefficient (Wildman–Crippen LogP) is 14.1. The zero-order valence-electron chi connectivity index (χ0n) is 27.5. The van der Waals surface area contributed by atoms with Gasteiger partial charge in [0.2, 0.25) is 0 Å². The minimum absolute atomic E-state index is 1.22. The van der Waals surface area contributed by atoms with Gasteiger partial charge in [-0.25, -0.2) is 0 Å². The molecule has 0 aromatic heterocycles. The molecule has 0 bridgehead atoms. The van der Waals surface area contributed by atoms with E-state index in [0.717, 1.165) is 0 Å². The summed E-state index contributed by atoms with van der Waals surface area (Å²) in [4.78, 5) is 0. The van der Waals surface area contributed by atoms with E-state index in [0.29, 0.717) is 0 Å². The highest BCUT2D eigenvalue weighted by atomic mass is 14.2. The van der Waals surface area contributed by atoms with Crippen LogP contribution in [0.4, 0.5) is 0 Å². The van der Waals surface area contributed by atoms with Gasteiger partial charge in [-0.3, -0.25) is 0 Å². The number of hydrogen-bond acceptors (Lipinski definition) is 0. The largest absolute Gasteiger partial charge is 0.0616 e. The smallest absolute Gasteiger partial charge is 0.00201 e. The summed E-state index contributed by atoms with van der Waals surface area (Å²) in [5, 5.41) is 12.6. The molecule has 50 heavy (non-hydrogen) atoms. The molecule has 0 saturated carbocycles. The number of fused-ring (bicyclic) bond motifs is 5. The quantitative estimate of drug-likeness (QED) is 0.169. The lowest BCUT2D eigenvalue weighted by Gasteiger charge is -2.21. The second kappa shape index (κ2) is 11.6. The number of rotatable bonds is 4. The zero-order valence-corrected chi connectivity index (χ0v) is 27.5. The van der Waals surface area contributed by atoms with Crippen LogP contribution in [0, 0.1) is 0 Å². The van der Waals surface area contributed by atoms with E-state index >= 15 is 0 Å². The van der Waals surface area contributed by atoms with E-state index in [9.17, 15) is 0 Å². The number of benzene rings is 10. The fourth-order valence-electron chi connectivity index (χ4n) is 8.08. The van der Waals surface area contributed by atoms with Gasteiger partial charge < -0.3 is 0 Å². The maximum absolute atomic E-state index is 2.44. The summed E-state index contributed by atoms with van der Waals surface area (Å²) in [7, 11) is 0. The standard InChI is InChI=1S/C50H32/c1-3-15-36-30-38(26-24-33(36)12-1)43-19-7-8-20-44(43)50-46-22-10-9-21-45(46)49(40-27-25-34-13-2-4-16-37(34)31-40)48-32-39(28-29-47(48)50)42-23-11-17-35-14-5-6-18-41(35)42/h1-32H. The molecule has 10 aromatic carbocycles. The van der Waals surface area contributed by atoms with Crippen molar-refractivity contribution in [2.45, 2.75) is 0 Å². The molecule has 0 unspecified atom stereocenters. The average Bonchev–Trinajstić information content (AvgIpc) is 3.19. The Morgan fingerprint density at radius 3 is 1.40 bits per heavy atom. The summed E-state index contributed by atoms with van der Waals surface area (Å²) in [5.74, 6) is 0. The molecule has 0 N–H and O–H groups in total. The lowest BCUT2D eigenvalue weighted by molar-refractivity contribution is 1.62. The first-order chi connectivity index (χ1) is 24.8. The second-order valence-electron chi connectivity index (χ2n) is 13.3. The lowest BCUT2D eigenvalue weighted by Crippen LogP contribution is -1.94. The van der Waals surface area contributed by atoms with Crippen LogP contribution in [0.2, 0.25) is 0 Å². The molecule has 0 heteroatoms. The van der Waals surface area contributed by atoms with Gasteiger partial charge in [-0.15, -0.1) is 0 Å². The monoisotopic (exact) mass is 632 g/mol. The van der Waals surface area contributed by atoms with Crippen molar-refractivity contribution in [3.05, 3.63) is 194 Å². The van der Waals surface area contributed by atoms with Crippen LogP contribution in [0.3, 0.4) is 0 Å². The normalized spacial score (nSPS) is 11.6. The van der Waals surface area contributed by atoms with Crippen LogP contribution in [0.25, 0.3) is 98.4 Å². The van der Waals surface area contributed by atoms with Crippen molar-refractivity contribution in [3.63, 3.8) is 0 Å². The Labute approximate surface area is 291 Å². The molecule has 10 aromatic rings. The van der Waals surface area contributed by atoms with Gasteiger partial charge in [0.1, 0.15) is 0 Å². The molecule has 0 atom stereocenters. The topological polar surface area (TPSA) is 0 Å². The van der Waals surface area contributed by atoms with Gasteiger partial charge in [-0.05, 0) is 117 Å². The van der Waals surface area contributed by atoms with Crippen molar-refractivity contribution in [1.29, 1.82) is 0 Å². The highest BCUT2D eigenvalue weighted by molar-refractivity contribution is 6.23. The molecular weight excluding hydrogens is 601 g/mol. The fraction of sp³-hybridized carbons (Fsp3) is 0. The van der Waals surface area contributed by atoms with Crippen LogP contribution in [0.5, 0.6) is 0 Å². The Balaban J connectivity index is 1.32. The highest BCUT2D eigenvalue weighted by Gasteiger charge is 2.20. The zero-order chi connectivity index (χ0) is 33.0.